The van der Waals surface area contributed by atoms with E-state index in [-0.39, 0.29) is 11.9 Å². The average Bonchev–Trinajstić information content (AvgIpc) is 2.35. The van der Waals surface area contributed by atoms with Crippen LogP contribution in [0.2, 0.25) is 0 Å². The van der Waals surface area contributed by atoms with Gasteiger partial charge in [-0.2, -0.15) is 0 Å². The van der Waals surface area contributed by atoms with Gasteiger partial charge in [-0.3, -0.25) is 4.79 Å². The lowest BCUT2D eigenvalue weighted by Gasteiger charge is -2.18. The summed E-state index contributed by atoms with van der Waals surface area (Å²) in [4.78, 5) is 13.5. The number of anilines is 1. The molecule has 94 valence electrons. The van der Waals surface area contributed by atoms with E-state index in [1.807, 2.05) is 31.2 Å². The van der Waals surface area contributed by atoms with E-state index < -0.39 is 0 Å². The molecule has 0 fully saturated rings. The van der Waals surface area contributed by atoms with Gasteiger partial charge in [0.1, 0.15) is 5.75 Å². The first-order chi connectivity index (χ1) is 8.04. The van der Waals surface area contributed by atoms with Gasteiger partial charge < -0.3 is 15.4 Å². The number of amides is 1. The molecule has 0 saturated carbocycles. The number of carbonyl (C=O) groups is 1. The third-order valence-electron chi connectivity index (χ3n) is 2.63. The lowest BCUT2D eigenvalue weighted by Crippen LogP contribution is -2.28. The molecular formula is C13H20N2O2. The topological polar surface area (TPSA) is 55.6 Å². The van der Waals surface area contributed by atoms with Crippen LogP contribution in [0.4, 0.5) is 5.69 Å². The Morgan fingerprint density at radius 3 is 2.82 bits per heavy atom. The molecule has 1 amide bonds. The summed E-state index contributed by atoms with van der Waals surface area (Å²) in [6.07, 6.45) is 1.17. The Balaban J connectivity index is 2.67. The van der Waals surface area contributed by atoms with Gasteiger partial charge in [-0.1, -0.05) is 6.07 Å². The second kappa shape index (κ2) is 6.25. The zero-order valence-corrected chi connectivity index (χ0v) is 10.6. The Labute approximate surface area is 102 Å². The molecule has 0 aromatic heterocycles. The molecule has 0 heterocycles. The zero-order valence-electron chi connectivity index (χ0n) is 10.6. The number of hydrogen-bond acceptors (Lipinski definition) is 3. The Kier molecular flexibility index (Phi) is 4.97. The second-order valence-electron chi connectivity index (χ2n) is 4.17. The molecule has 1 atom stereocenters. The van der Waals surface area contributed by atoms with Crippen LogP contribution in [0, 0.1) is 0 Å². The SMILES string of the molecule is COc1cccc(N(C)C(=O)CCC(C)N)c1. The summed E-state index contributed by atoms with van der Waals surface area (Å²) in [5, 5.41) is 0. The third-order valence-corrected chi connectivity index (χ3v) is 2.63. The maximum absolute atomic E-state index is 11.9. The second-order valence-corrected chi connectivity index (χ2v) is 4.17. The minimum atomic E-state index is 0.0534. The van der Waals surface area contributed by atoms with E-state index in [0.29, 0.717) is 12.8 Å². The molecule has 0 saturated heterocycles. The van der Waals surface area contributed by atoms with Gasteiger partial charge >= 0.3 is 0 Å². The smallest absolute Gasteiger partial charge is 0.226 e. The van der Waals surface area contributed by atoms with Crippen molar-refractivity contribution in [2.24, 2.45) is 5.73 Å². The molecule has 0 aliphatic carbocycles. The van der Waals surface area contributed by atoms with E-state index in [9.17, 15) is 4.79 Å². The summed E-state index contributed by atoms with van der Waals surface area (Å²) >= 11 is 0. The van der Waals surface area contributed by atoms with Gasteiger partial charge in [0, 0.05) is 31.3 Å². The van der Waals surface area contributed by atoms with E-state index in [4.69, 9.17) is 10.5 Å². The van der Waals surface area contributed by atoms with E-state index >= 15 is 0 Å². The first kappa shape index (κ1) is 13.5. The Bertz CT molecular complexity index is 377. The van der Waals surface area contributed by atoms with Crippen molar-refractivity contribution in [2.75, 3.05) is 19.1 Å². The molecule has 1 unspecified atom stereocenters. The largest absolute Gasteiger partial charge is 0.497 e. The van der Waals surface area contributed by atoms with Crippen LogP contribution in [0.3, 0.4) is 0 Å². The molecule has 0 bridgehead atoms. The Hall–Kier alpha value is -1.55. The summed E-state index contributed by atoms with van der Waals surface area (Å²) in [5.41, 5.74) is 6.47. The maximum Gasteiger partial charge on any atom is 0.226 e. The first-order valence-corrected chi connectivity index (χ1v) is 5.70. The summed E-state index contributed by atoms with van der Waals surface area (Å²) in [6, 6.07) is 7.49. The number of nitrogens with zero attached hydrogens (tertiary/aromatic N) is 1. The number of carbonyl (C=O) groups excluding carboxylic acids is 1. The molecular weight excluding hydrogens is 216 g/mol. The molecule has 4 nitrogen and oxygen atoms in total. The van der Waals surface area contributed by atoms with Gasteiger partial charge in [0.15, 0.2) is 0 Å². The van der Waals surface area contributed by atoms with Crippen molar-refractivity contribution < 1.29 is 9.53 Å². The highest BCUT2D eigenvalue weighted by molar-refractivity contribution is 5.92. The number of nitrogens with two attached hydrogens (primary N) is 1. The Morgan fingerprint density at radius 1 is 1.53 bits per heavy atom. The highest BCUT2D eigenvalue weighted by atomic mass is 16.5. The van der Waals surface area contributed by atoms with Crippen molar-refractivity contribution in [1.82, 2.24) is 0 Å². The van der Waals surface area contributed by atoms with Crippen molar-refractivity contribution in [3.8, 4) is 5.75 Å². The minimum Gasteiger partial charge on any atom is -0.497 e. The summed E-state index contributed by atoms with van der Waals surface area (Å²) < 4.78 is 5.12. The molecule has 1 rings (SSSR count). The van der Waals surface area contributed by atoms with E-state index in [2.05, 4.69) is 0 Å². The Morgan fingerprint density at radius 2 is 2.24 bits per heavy atom. The van der Waals surface area contributed by atoms with Gasteiger partial charge in [-0.05, 0) is 25.5 Å². The molecule has 0 radical (unpaired) electrons. The normalized spacial score (nSPS) is 12.0. The molecule has 0 spiro atoms. The number of ether oxygens (including phenoxy) is 1. The van der Waals surface area contributed by atoms with E-state index in [1.54, 1.807) is 19.1 Å². The lowest BCUT2D eigenvalue weighted by atomic mass is 10.2. The molecule has 17 heavy (non-hydrogen) atoms. The van der Waals surface area contributed by atoms with Crippen LogP contribution in [0.25, 0.3) is 0 Å². The molecule has 4 heteroatoms. The molecule has 2 N–H and O–H groups in total. The van der Waals surface area contributed by atoms with Crippen LogP contribution >= 0.6 is 0 Å². The van der Waals surface area contributed by atoms with Crippen LogP contribution < -0.4 is 15.4 Å². The van der Waals surface area contributed by atoms with Crippen molar-refractivity contribution in [2.45, 2.75) is 25.8 Å². The minimum absolute atomic E-state index is 0.0534. The quantitative estimate of drug-likeness (QED) is 0.848. The van der Waals surface area contributed by atoms with Crippen molar-refractivity contribution >= 4 is 11.6 Å². The van der Waals surface area contributed by atoms with Crippen LogP contribution in [0.1, 0.15) is 19.8 Å². The molecule has 0 aliphatic rings. The van der Waals surface area contributed by atoms with Crippen LogP contribution in [0.15, 0.2) is 24.3 Å². The fourth-order valence-corrected chi connectivity index (χ4v) is 1.48. The highest BCUT2D eigenvalue weighted by Gasteiger charge is 2.11. The first-order valence-electron chi connectivity index (χ1n) is 5.70. The number of rotatable bonds is 5. The summed E-state index contributed by atoms with van der Waals surface area (Å²) in [7, 11) is 3.37. The molecule has 1 aromatic rings. The monoisotopic (exact) mass is 236 g/mol. The van der Waals surface area contributed by atoms with Crippen LogP contribution in [-0.2, 0) is 4.79 Å². The van der Waals surface area contributed by atoms with Gasteiger partial charge in [-0.15, -0.1) is 0 Å². The van der Waals surface area contributed by atoms with Crippen molar-refractivity contribution in [3.63, 3.8) is 0 Å². The van der Waals surface area contributed by atoms with Crippen LogP contribution in [-0.4, -0.2) is 26.1 Å². The van der Waals surface area contributed by atoms with E-state index in [1.165, 1.54) is 0 Å². The summed E-state index contributed by atoms with van der Waals surface area (Å²) in [5.74, 6) is 0.810. The predicted molar refractivity (Wildman–Crippen MR) is 69.3 cm³/mol. The molecule has 0 aliphatic heterocycles. The number of hydrogen-bond donors (Lipinski definition) is 1. The fraction of sp³-hybridized carbons (Fsp3) is 0.462. The van der Waals surface area contributed by atoms with Crippen molar-refractivity contribution in [1.29, 1.82) is 0 Å². The van der Waals surface area contributed by atoms with E-state index in [0.717, 1.165) is 11.4 Å². The maximum atomic E-state index is 11.9. The predicted octanol–water partition coefficient (Wildman–Crippen LogP) is 1.79. The molecule has 1 aromatic carbocycles. The standard InChI is InChI=1S/C13H20N2O2/c1-10(14)7-8-13(16)15(2)11-5-4-6-12(9-11)17-3/h4-6,9-10H,7-8,14H2,1-3H3. The number of benzene rings is 1. The third kappa shape index (κ3) is 4.07. The number of methoxy groups -OCH3 is 1. The van der Waals surface area contributed by atoms with Crippen LogP contribution in [0.5, 0.6) is 5.75 Å². The fourth-order valence-electron chi connectivity index (χ4n) is 1.48. The van der Waals surface area contributed by atoms with Gasteiger partial charge in [-0.25, -0.2) is 0 Å². The lowest BCUT2D eigenvalue weighted by molar-refractivity contribution is -0.118. The highest BCUT2D eigenvalue weighted by Crippen LogP contribution is 2.20. The zero-order chi connectivity index (χ0) is 12.8. The van der Waals surface area contributed by atoms with Gasteiger partial charge in [0.05, 0.1) is 7.11 Å². The summed E-state index contributed by atoms with van der Waals surface area (Å²) in [6.45, 7) is 1.90. The average molecular weight is 236 g/mol. The van der Waals surface area contributed by atoms with Crippen molar-refractivity contribution in [3.05, 3.63) is 24.3 Å². The van der Waals surface area contributed by atoms with Gasteiger partial charge in [0.25, 0.3) is 0 Å². The van der Waals surface area contributed by atoms with Gasteiger partial charge in [0.2, 0.25) is 5.91 Å².